The summed E-state index contributed by atoms with van der Waals surface area (Å²) in [5, 5.41) is 13.6. The quantitative estimate of drug-likeness (QED) is 0.252. The van der Waals surface area contributed by atoms with Crippen LogP contribution in [0.1, 0.15) is 34.5 Å². The van der Waals surface area contributed by atoms with Gasteiger partial charge in [-0.25, -0.2) is 0 Å². The minimum atomic E-state index is -1.10. The molecule has 1 unspecified atom stereocenters. The second-order valence-electron chi connectivity index (χ2n) is 9.71. The molecule has 3 heterocycles. The topological polar surface area (TPSA) is 99.9 Å². The first-order valence-corrected chi connectivity index (χ1v) is 12.8. The van der Waals surface area contributed by atoms with E-state index in [2.05, 4.69) is 43.9 Å². The highest BCUT2D eigenvalue weighted by Gasteiger charge is 2.19. The van der Waals surface area contributed by atoms with Gasteiger partial charge in [-0.15, -0.1) is 0 Å². The van der Waals surface area contributed by atoms with Crippen LogP contribution in [0, 0.1) is 6.92 Å². The molecular formula is C29H35N5O3. The van der Waals surface area contributed by atoms with Crippen LogP contribution in [0.25, 0.3) is 22.2 Å². The summed E-state index contributed by atoms with van der Waals surface area (Å²) in [7, 11) is 2.00. The van der Waals surface area contributed by atoms with Crippen LogP contribution >= 0.6 is 0 Å². The number of rotatable bonds is 8. The predicted octanol–water partition coefficient (Wildman–Crippen LogP) is 3.64. The molecule has 4 aromatic rings. The molecule has 5 rings (SSSR count). The van der Waals surface area contributed by atoms with Crippen molar-refractivity contribution >= 4 is 22.6 Å². The molecule has 194 valence electrons. The van der Waals surface area contributed by atoms with Gasteiger partial charge in [-0.05, 0) is 55.8 Å². The number of nitrogens with one attached hydrogen (secondary N) is 1. The van der Waals surface area contributed by atoms with Crippen LogP contribution in [-0.2, 0) is 7.05 Å². The predicted molar refractivity (Wildman–Crippen MR) is 147 cm³/mol. The van der Waals surface area contributed by atoms with Crippen molar-refractivity contribution in [2.75, 3.05) is 44.2 Å². The Hall–Kier alpha value is -3.59. The van der Waals surface area contributed by atoms with Gasteiger partial charge in [-0.1, -0.05) is 30.3 Å². The Morgan fingerprint density at radius 2 is 1.84 bits per heavy atom. The minimum Gasteiger partial charge on any atom is -0.457 e. The molecule has 0 radical (unpaired) electrons. The molecule has 0 saturated carbocycles. The van der Waals surface area contributed by atoms with Gasteiger partial charge in [-0.3, -0.25) is 15.4 Å². The zero-order chi connectivity index (χ0) is 25.9. The molecule has 1 aliphatic heterocycles. The summed E-state index contributed by atoms with van der Waals surface area (Å²) in [6.45, 7) is 7.42. The second-order valence-corrected chi connectivity index (χ2v) is 9.71. The average Bonchev–Trinajstić information content (AvgIpc) is 3.48. The molecular weight excluding hydrogens is 466 g/mol. The Kier molecular flexibility index (Phi) is 7.32. The summed E-state index contributed by atoms with van der Waals surface area (Å²) >= 11 is 0. The summed E-state index contributed by atoms with van der Waals surface area (Å²) in [5.74, 6) is 0.364. The number of amides is 1. The maximum atomic E-state index is 12.9. The first-order valence-electron chi connectivity index (χ1n) is 12.8. The lowest BCUT2D eigenvalue weighted by Gasteiger charge is -2.36. The standard InChI is InChI=1S/C29H35N5O3/c1-20-24(19-25(32(20)2)21-7-4-3-5-8-21)29(36)31-11-6-12-33-13-15-34(16-14-33)23-9-10-26-22(17-23)18-27(37-26)28(30)35/h3-5,7-10,17-19,28,35H,6,11-16,30H2,1-2H3,(H,31,36). The lowest BCUT2D eigenvalue weighted by molar-refractivity contribution is 0.0950. The molecule has 8 nitrogen and oxygen atoms in total. The third-order valence-electron chi connectivity index (χ3n) is 7.33. The number of carbonyl (C=O) groups is 1. The molecule has 1 atom stereocenters. The number of anilines is 1. The summed E-state index contributed by atoms with van der Waals surface area (Å²) in [6, 6.07) is 20.0. The Morgan fingerprint density at radius 1 is 1.08 bits per heavy atom. The van der Waals surface area contributed by atoms with Gasteiger partial charge in [0.2, 0.25) is 0 Å². The fraction of sp³-hybridized carbons (Fsp3) is 0.345. The van der Waals surface area contributed by atoms with Crippen LogP contribution in [-0.4, -0.2) is 59.7 Å². The smallest absolute Gasteiger partial charge is 0.253 e. The number of hydrogen-bond donors (Lipinski definition) is 3. The van der Waals surface area contributed by atoms with Crippen LogP contribution in [0.5, 0.6) is 0 Å². The van der Waals surface area contributed by atoms with Crippen molar-refractivity contribution < 1.29 is 14.3 Å². The van der Waals surface area contributed by atoms with E-state index in [4.69, 9.17) is 10.2 Å². The van der Waals surface area contributed by atoms with E-state index in [1.165, 1.54) is 0 Å². The van der Waals surface area contributed by atoms with E-state index < -0.39 is 6.23 Å². The summed E-state index contributed by atoms with van der Waals surface area (Å²) in [6.07, 6.45) is -0.193. The van der Waals surface area contributed by atoms with E-state index in [-0.39, 0.29) is 5.91 Å². The van der Waals surface area contributed by atoms with E-state index in [0.717, 1.165) is 78.3 Å². The Bertz CT molecular complexity index is 1370. The van der Waals surface area contributed by atoms with Gasteiger partial charge in [0.25, 0.3) is 5.91 Å². The molecule has 0 bridgehead atoms. The zero-order valence-electron chi connectivity index (χ0n) is 21.5. The van der Waals surface area contributed by atoms with Crippen LogP contribution < -0.4 is 16.0 Å². The number of nitrogens with zero attached hydrogens (tertiary/aromatic N) is 3. The number of nitrogens with two attached hydrogens (primary N) is 1. The van der Waals surface area contributed by atoms with Crippen molar-refractivity contribution in [3.05, 3.63) is 77.7 Å². The highest BCUT2D eigenvalue weighted by molar-refractivity contribution is 5.97. The fourth-order valence-corrected chi connectivity index (χ4v) is 5.04. The van der Waals surface area contributed by atoms with Gasteiger partial charge in [0, 0.05) is 62.2 Å². The molecule has 8 heteroatoms. The third kappa shape index (κ3) is 5.41. The monoisotopic (exact) mass is 501 g/mol. The second kappa shape index (κ2) is 10.8. The largest absolute Gasteiger partial charge is 0.457 e. The van der Waals surface area contributed by atoms with Gasteiger partial charge < -0.3 is 24.3 Å². The Balaban J connectivity index is 1.08. The third-order valence-corrected chi connectivity index (χ3v) is 7.33. The highest BCUT2D eigenvalue weighted by atomic mass is 16.4. The summed E-state index contributed by atoms with van der Waals surface area (Å²) in [5.41, 5.74) is 11.3. The van der Waals surface area contributed by atoms with Crippen molar-refractivity contribution in [3.8, 4) is 11.3 Å². The van der Waals surface area contributed by atoms with Crippen molar-refractivity contribution in [2.45, 2.75) is 19.6 Å². The lowest BCUT2D eigenvalue weighted by Crippen LogP contribution is -2.47. The van der Waals surface area contributed by atoms with Crippen LogP contribution in [0.3, 0.4) is 0 Å². The van der Waals surface area contributed by atoms with E-state index in [1.54, 1.807) is 6.07 Å². The molecule has 1 saturated heterocycles. The molecule has 2 aromatic heterocycles. The number of benzene rings is 2. The lowest BCUT2D eigenvalue weighted by atomic mass is 10.1. The first kappa shape index (κ1) is 25.1. The van der Waals surface area contributed by atoms with E-state index >= 15 is 0 Å². The number of hydrogen-bond acceptors (Lipinski definition) is 6. The molecule has 4 N–H and O–H groups in total. The SMILES string of the molecule is Cc1c(C(=O)NCCCN2CCN(c3ccc4oc(C(N)O)cc4c3)CC2)cc(-c2ccccc2)n1C. The van der Waals surface area contributed by atoms with E-state index in [0.29, 0.717) is 12.3 Å². The van der Waals surface area contributed by atoms with Crippen molar-refractivity contribution in [1.82, 2.24) is 14.8 Å². The molecule has 0 spiro atoms. The molecule has 1 aliphatic rings. The number of aromatic nitrogens is 1. The number of piperazine rings is 1. The van der Waals surface area contributed by atoms with Gasteiger partial charge >= 0.3 is 0 Å². The molecule has 1 amide bonds. The first-order chi connectivity index (χ1) is 17.9. The van der Waals surface area contributed by atoms with E-state index in [1.807, 2.05) is 44.3 Å². The Morgan fingerprint density at radius 3 is 2.57 bits per heavy atom. The van der Waals surface area contributed by atoms with Gasteiger partial charge in [0.05, 0.1) is 5.56 Å². The van der Waals surface area contributed by atoms with Crippen LogP contribution in [0.15, 0.2) is 65.1 Å². The summed E-state index contributed by atoms with van der Waals surface area (Å²) < 4.78 is 7.67. The number of carbonyl (C=O) groups excluding carboxylic acids is 1. The molecule has 1 fully saturated rings. The summed E-state index contributed by atoms with van der Waals surface area (Å²) in [4.78, 5) is 17.7. The number of aliphatic hydroxyl groups is 1. The number of aliphatic hydroxyl groups excluding tert-OH is 1. The normalized spacial score (nSPS) is 15.3. The molecule has 37 heavy (non-hydrogen) atoms. The highest BCUT2D eigenvalue weighted by Crippen LogP contribution is 2.28. The van der Waals surface area contributed by atoms with Gasteiger partial charge in [-0.2, -0.15) is 0 Å². The average molecular weight is 502 g/mol. The maximum absolute atomic E-state index is 12.9. The van der Waals surface area contributed by atoms with Gasteiger partial charge in [0.15, 0.2) is 6.23 Å². The molecule has 0 aliphatic carbocycles. The molecule has 2 aromatic carbocycles. The van der Waals surface area contributed by atoms with Crippen LogP contribution in [0.4, 0.5) is 5.69 Å². The van der Waals surface area contributed by atoms with Crippen molar-refractivity contribution in [2.24, 2.45) is 12.8 Å². The Labute approximate surface area is 217 Å². The van der Waals surface area contributed by atoms with Crippen molar-refractivity contribution in [1.29, 1.82) is 0 Å². The maximum Gasteiger partial charge on any atom is 0.253 e. The van der Waals surface area contributed by atoms with E-state index in [9.17, 15) is 9.90 Å². The number of fused-ring (bicyclic) bond motifs is 1. The van der Waals surface area contributed by atoms with Crippen molar-refractivity contribution in [3.63, 3.8) is 0 Å². The minimum absolute atomic E-state index is 0.0138. The fourth-order valence-electron chi connectivity index (χ4n) is 5.04. The zero-order valence-corrected chi connectivity index (χ0v) is 21.5. The number of furan rings is 1. The van der Waals surface area contributed by atoms with Gasteiger partial charge in [0.1, 0.15) is 11.3 Å². The van der Waals surface area contributed by atoms with Crippen LogP contribution in [0.2, 0.25) is 0 Å².